The molecule has 1 heterocycles. The van der Waals surface area contributed by atoms with E-state index >= 15 is 0 Å². The first kappa shape index (κ1) is 9.17. The number of hydrogen-bond donors (Lipinski definition) is 0. The lowest BCUT2D eigenvalue weighted by Crippen LogP contribution is -2.48. The van der Waals surface area contributed by atoms with Crippen LogP contribution in [-0.2, 0) is 9.47 Å². The third-order valence-electron chi connectivity index (χ3n) is 5.55. The maximum absolute atomic E-state index is 5.95. The number of rotatable bonds is 0. The minimum Gasteiger partial charge on any atom is -0.347 e. The topological polar surface area (TPSA) is 18.5 Å². The molecule has 1 spiro atoms. The Balaban J connectivity index is 2.06. The third kappa shape index (κ3) is 0.737. The zero-order chi connectivity index (χ0) is 10.0. The summed E-state index contributed by atoms with van der Waals surface area (Å²) >= 11 is 0. The van der Waals surface area contributed by atoms with E-state index in [1.807, 2.05) is 0 Å². The van der Waals surface area contributed by atoms with Crippen LogP contribution in [0.2, 0.25) is 0 Å². The van der Waals surface area contributed by atoms with Gasteiger partial charge in [0.1, 0.15) is 0 Å². The van der Waals surface area contributed by atoms with Crippen molar-refractivity contribution in [3.63, 3.8) is 0 Å². The van der Waals surface area contributed by atoms with Crippen molar-refractivity contribution in [2.45, 2.75) is 45.8 Å². The minimum absolute atomic E-state index is 0.223. The van der Waals surface area contributed by atoms with Crippen molar-refractivity contribution in [3.05, 3.63) is 0 Å². The van der Waals surface area contributed by atoms with Crippen LogP contribution in [0.4, 0.5) is 0 Å². The monoisotopic (exact) mass is 196 g/mol. The van der Waals surface area contributed by atoms with E-state index in [-0.39, 0.29) is 11.2 Å². The Kier molecular flexibility index (Phi) is 1.54. The summed E-state index contributed by atoms with van der Waals surface area (Å²) in [5.41, 5.74) is 0.624. The van der Waals surface area contributed by atoms with Gasteiger partial charge in [-0.05, 0) is 24.2 Å². The Hall–Kier alpha value is -0.0800. The summed E-state index contributed by atoms with van der Waals surface area (Å²) in [6.45, 7) is 8.73. The molecule has 14 heavy (non-hydrogen) atoms. The van der Waals surface area contributed by atoms with Gasteiger partial charge in [-0.3, -0.25) is 0 Å². The molecule has 80 valence electrons. The van der Waals surface area contributed by atoms with Crippen molar-refractivity contribution in [1.82, 2.24) is 0 Å². The summed E-state index contributed by atoms with van der Waals surface area (Å²) in [6, 6.07) is 0. The van der Waals surface area contributed by atoms with Crippen molar-refractivity contribution >= 4 is 0 Å². The van der Waals surface area contributed by atoms with Gasteiger partial charge in [0, 0.05) is 11.8 Å². The van der Waals surface area contributed by atoms with Gasteiger partial charge in [-0.15, -0.1) is 0 Å². The molecule has 1 aliphatic heterocycles. The number of hydrogen-bond acceptors (Lipinski definition) is 2. The molecule has 2 atom stereocenters. The molecule has 2 bridgehead atoms. The summed E-state index contributed by atoms with van der Waals surface area (Å²) in [4.78, 5) is 0. The molecule has 3 rings (SSSR count). The predicted molar refractivity (Wildman–Crippen MR) is 53.9 cm³/mol. The quantitative estimate of drug-likeness (QED) is 0.593. The lowest BCUT2D eigenvalue weighted by atomic mass is 9.68. The molecule has 2 saturated carbocycles. The molecule has 2 nitrogen and oxygen atoms in total. The fourth-order valence-electron chi connectivity index (χ4n) is 4.08. The summed E-state index contributed by atoms with van der Waals surface area (Å²) in [5, 5.41) is 0. The first-order chi connectivity index (χ1) is 6.52. The van der Waals surface area contributed by atoms with Crippen LogP contribution in [0.5, 0.6) is 0 Å². The molecule has 0 aromatic rings. The fourth-order valence-corrected chi connectivity index (χ4v) is 4.08. The van der Waals surface area contributed by atoms with E-state index in [0.717, 1.165) is 25.6 Å². The highest BCUT2D eigenvalue weighted by molar-refractivity contribution is 5.15. The van der Waals surface area contributed by atoms with Crippen LogP contribution >= 0.6 is 0 Å². The second-order valence-electron chi connectivity index (χ2n) is 5.94. The molecular weight excluding hydrogens is 176 g/mol. The third-order valence-corrected chi connectivity index (χ3v) is 5.55. The Morgan fingerprint density at radius 3 is 2.14 bits per heavy atom. The Labute approximate surface area is 86.0 Å². The molecule has 3 aliphatic rings. The van der Waals surface area contributed by atoms with Crippen LogP contribution < -0.4 is 0 Å². The molecule has 0 amide bonds. The van der Waals surface area contributed by atoms with Crippen LogP contribution in [0, 0.1) is 16.7 Å². The van der Waals surface area contributed by atoms with Gasteiger partial charge in [0.05, 0.1) is 13.2 Å². The lowest BCUT2D eigenvalue weighted by molar-refractivity contribution is -0.236. The van der Waals surface area contributed by atoms with Crippen molar-refractivity contribution in [2.24, 2.45) is 16.7 Å². The fraction of sp³-hybridized carbons (Fsp3) is 1.00. The van der Waals surface area contributed by atoms with Gasteiger partial charge in [0.15, 0.2) is 5.79 Å². The molecule has 1 saturated heterocycles. The first-order valence-electron chi connectivity index (χ1n) is 5.80. The smallest absolute Gasteiger partial charge is 0.174 e. The van der Waals surface area contributed by atoms with E-state index in [2.05, 4.69) is 20.8 Å². The molecule has 0 radical (unpaired) electrons. The minimum atomic E-state index is -0.223. The standard InChI is InChI=1S/C12H20O2/c1-10(2)9-4-5-11(10,3)12(8-9)13-6-7-14-12/h9H,4-8H2,1-3H3. The average molecular weight is 196 g/mol. The molecule has 0 aromatic heterocycles. The van der Waals surface area contributed by atoms with Crippen molar-refractivity contribution in [2.75, 3.05) is 13.2 Å². The van der Waals surface area contributed by atoms with Gasteiger partial charge in [0.2, 0.25) is 0 Å². The zero-order valence-corrected chi connectivity index (χ0v) is 9.43. The van der Waals surface area contributed by atoms with Crippen LogP contribution in [-0.4, -0.2) is 19.0 Å². The summed E-state index contributed by atoms with van der Waals surface area (Å²) in [6.07, 6.45) is 3.75. The highest BCUT2D eigenvalue weighted by Crippen LogP contribution is 2.71. The van der Waals surface area contributed by atoms with Crippen LogP contribution in [0.15, 0.2) is 0 Å². The molecule has 2 unspecified atom stereocenters. The molecule has 2 heteroatoms. The second kappa shape index (κ2) is 2.35. The zero-order valence-electron chi connectivity index (χ0n) is 9.43. The van der Waals surface area contributed by atoms with E-state index < -0.39 is 0 Å². The van der Waals surface area contributed by atoms with Crippen LogP contribution in [0.3, 0.4) is 0 Å². The van der Waals surface area contributed by atoms with Gasteiger partial charge in [-0.1, -0.05) is 20.8 Å². The van der Waals surface area contributed by atoms with E-state index in [0.29, 0.717) is 5.41 Å². The normalized spacial score (nSPS) is 47.8. The van der Waals surface area contributed by atoms with Gasteiger partial charge >= 0.3 is 0 Å². The van der Waals surface area contributed by atoms with Crippen LogP contribution in [0.1, 0.15) is 40.0 Å². The Morgan fingerprint density at radius 2 is 1.71 bits per heavy atom. The molecular formula is C12H20O2. The molecule has 0 aromatic carbocycles. The van der Waals surface area contributed by atoms with Crippen molar-refractivity contribution in [3.8, 4) is 0 Å². The largest absolute Gasteiger partial charge is 0.347 e. The molecule has 0 N–H and O–H groups in total. The van der Waals surface area contributed by atoms with Gasteiger partial charge < -0.3 is 9.47 Å². The number of ether oxygens (including phenoxy) is 2. The first-order valence-corrected chi connectivity index (χ1v) is 5.80. The van der Waals surface area contributed by atoms with Crippen molar-refractivity contribution < 1.29 is 9.47 Å². The Morgan fingerprint density at radius 1 is 1.07 bits per heavy atom. The second-order valence-corrected chi connectivity index (χ2v) is 5.94. The van der Waals surface area contributed by atoms with Crippen LogP contribution in [0.25, 0.3) is 0 Å². The SMILES string of the molecule is CC1(C)C2CCC1(C)C1(C2)OCCO1. The lowest BCUT2D eigenvalue weighted by Gasteiger charge is -2.44. The van der Waals surface area contributed by atoms with E-state index in [1.54, 1.807) is 0 Å². The van der Waals surface area contributed by atoms with E-state index in [9.17, 15) is 0 Å². The highest BCUT2D eigenvalue weighted by Gasteiger charge is 2.71. The van der Waals surface area contributed by atoms with Gasteiger partial charge in [0.25, 0.3) is 0 Å². The van der Waals surface area contributed by atoms with Gasteiger partial charge in [-0.2, -0.15) is 0 Å². The van der Waals surface area contributed by atoms with E-state index in [4.69, 9.17) is 9.47 Å². The molecule has 3 fully saturated rings. The summed E-state index contributed by atoms with van der Waals surface area (Å²) in [7, 11) is 0. The Bertz CT molecular complexity index is 265. The maximum Gasteiger partial charge on any atom is 0.174 e. The summed E-state index contributed by atoms with van der Waals surface area (Å²) < 4.78 is 11.9. The van der Waals surface area contributed by atoms with Crippen molar-refractivity contribution in [1.29, 1.82) is 0 Å². The molecule has 2 aliphatic carbocycles. The maximum atomic E-state index is 5.95. The van der Waals surface area contributed by atoms with Gasteiger partial charge in [-0.25, -0.2) is 0 Å². The average Bonchev–Trinajstić information content (AvgIpc) is 2.70. The summed E-state index contributed by atoms with van der Waals surface area (Å²) in [5.74, 6) is 0.574. The highest BCUT2D eigenvalue weighted by atomic mass is 16.7. The number of fused-ring (bicyclic) bond motifs is 3. The van der Waals surface area contributed by atoms with E-state index in [1.165, 1.54) is 12.8 Å². The predicted octanol–water partition coefficient (Wildman–Crippen LogP) is 2.58.